The highest BCUT2D eigenvalue weighted by atomic mass is 127. The molecule has 1 aromatic heterocycles. The fraction of sp³-hybridized carbons (Fsp3) is 0.714. The van der Waals surface area contributed by atoms with Crippen LogP contribution in [-0.2, 0) is 6.54 Å². The zero-order valence-corrected chi connectivity index (χ0v) is 21.4. The molecular formula is C21H35F3IN7. The van der Waals surface area contributed by atoms with Gasteiger partial charge in [0.2, 0.25) is 0 Å². The van der Waals surface area contributed by atoms with Gasteiger partial charge in [-0.3, -0.25) is 4.90 Å². The Morgan fingerprint density at radius 1 is 1.09 bits per heavy atom. The molecule has 0 saturated carbocycles. The third-order valence-corrected chi connectivity index (χ3v) is 6.02. The standard InChI is InChI=1S/C21H34F3N7.HI/c1-4-25-20(31-13-11-29(12-14-31)17(2)21(22,23)24)27-16-18-5-6-19(26-15-18)30-9-7-28(3)8-10-30;/h5-6,15,17H,4,7-14,16H2,1-3H3,(H,25,27);1H. The van der Waals surface area contributed by atoms with Gasteiger partial charge in [0.25, 0.3) is 0 Å². The van der Waals surface area contributed by atoms with Gasteiger partial charge < -0.3 is 20.0 Å². The minimum atomic E-state index is -4.19. The highest BCUT2D eigenvalue weighted by Gasteiger charge is 2.41. The lowest BCUT2D eigenvalue weighted by Gasteiger charge is -2.39. The Morgan fingerprint density at radius 3 is 2.28 bits per heavy atom. The Kier molecular flexibility index (Phi) is 10.3. The van der Waals surface area contributed by atoms with Gasteiger partial charge in [0, 0.05) is 65.1 Å². The van der Waals surface area contributed by atoms with E-state index in [9.17, 15) is 13.2 Å². The summed E-state index contributed by atoms with van der Waals surface area (Å²) in [4.78, 5) is 17.4. The Morgan fingerprint density at radius 2 is 1.75 bits per heavy atom. The number of halogens is 4. The lowest BCUT2D eigenvalue weighted by atomic mass is 10.2. The molecule has 1 unspecified atom stereocenters. The van der Waals surface area contributed by atoms with Crippen LogP contribution in [0.15, 0.2) is 23.3 Å². The molecule has 0 aliphatic carbocycles. The minimum Gasteiger partial charge on any atom is -0.357 e. The van der Waals surface area contributed by atoms with E-state index in [0.29, 0.717) is 39.3 Å². The molecule has 0 bridgehead atoms. The number of pyridine rings is 1. The maximum absolute atomic E-state index is 13.0. The highest BCUT2D eigenvalue weighted by Crippen LogP contribution is 2.25. The summed E-state index contributed by atoms with van der Waals surface area (Å²) in [5.74, 6) is 1.73. The van der Waals surface area contributed by atoms with E-state index in [1.54, 1.807) is 0 Å². The van der Waals surface area contributed by atoms with E-state index >= 15 is 0 Å². The molecule has 2 saturated heterocycles. The summed E-state index contributed by atoms with van der Waals surface area (Å²) in [6.07, 6.45) is -2.33. The molecule has 2 fully saturated rings. The van der Waals surface area contributed by atoms with Gasteiger partial charge in [-0.05, 0) is 32.5 Å². The van der Waals surface area contributed by atoms with Gasteiger partial charge in [-0.1, -0.05) is 6.07 Å². The zero-order chi connectivity index (χ0) is 22.4. The molecule has 2 aliphatic rings. The number of rotatable bonds is 5. The Labute approximate surface area is 206 Å². The first-order valence-corrected chi connectivity index (χ1v) is 11.0. The van der Waals surface area contributed by atoms with Crippen LogP contribution in [0.1, 0.15) is 19.4 Å². The molecule has 32 heavy (non-hydrogen) atoms. The summed E-state index contributed by atoms with van der Waals surface area (Å²) in [6, 6.07) is 2.68. The van der Waals surface area contributed by atoms with Gasteiger partial charge >= 0.3 is 6.18 Å². The van der Waals surface area contributed by atoms with Gasteiger partial charge in [0.1, 0.15) is 11.9 Å². The van der Waals surface area contributed by atoms with Crippen LogP contribution in [0, 0.1) is 0 Å². The van der Waals surface area contributed by atoms with Crippen LogP contribution >= 0.6 is 24.0 Å². The number of nitrogens with one attached hydrogen (secondary N) is 1. The summed E-state index contributed by atoms with van der Waals surface area (Å²) in [5.41, 5.74) is 1.01. The fourth-order valence-electron chi connectivity index (χ4n) is 3.85. The number of piperazine rings is 2. The van der Waals surface area contributed by atoms with Crippen molar-refractivity contribution in [3.05, 3.63) is 23.9 Å². The van der Waals surface area contributed by atoms with E-state index in [1.807, 2.05) is 24.1 Å². The first-order valence-electron chi connectivity index (χ1n) is 11.0. The Hall–Kier alpha value is -1.34. The van der Waals surface area contributed by atoms with Crippen molar-refractivity contribution < 1.29 is 13.2 Å². The zero-order valence-electron chi connectivity index (χ0n) is 19.1. The molecule has 1 N–H and O–H groups in total. The third kappa shape index (κ3) is 7.34. The molecule has 182 valence electrons. The van der Waals surface area contributed by atoms with E-state index in [-0.39, 0.29) is 24.0 Å². The Bertz CT molecular complexity index is 713. The van der Waals surface area contributed by atoms with Crippen LogP contribution in [0.4, 0.5) is 19.0 Å². The topological polar surface area (TPSA) is 50.2 Å². The molecule has 11 heteroatoms. The molecule has 0 radical (unpaired) electrons. The summed E-state index contributed by atoms with van der Waals surface area (Å²) in [6.45, 7) is 10.2. The van der Waals surface area contributed by atoms with Crippen LogP contribution in [0.2, 0.25) is 0 Å². The molecule has 3 rings (SSSR count). The molecule has 1 atom stereocenters. The summed E-state index contributed by atoms with van der Waals surface area (Å²) >= 11 is 0. The first kappa shape index (κ1) is 26.9. The van der Waals surface area contributed by atoms with Crippen molar-refractivity contribution >= 4 is 35.8 Å². The van der Waals surface area contributed by atoms with Crippen molar-refractivity contribution in [2.45, 2.75) is 32.6 Å². The molecular weight excluding hydrogens is 534 g/mol. The van der Waals surface area contributed by atoms with Crippen molar-refractivity contribution in [2.24, 2.45) is 4.99 Å². The Balaban J connectivity index is 0.00000363. The number of hydrogen-bond acceptors (Lipinski definition) is 5. The van der Waals surface area contributed by atoms with Gasteiger partial charge in [0.15, 0.2) is 5.96 Å². The molecule has 0 amide bonds. The summed E-state index contributed by atoms with van der Waals surface area (Å²) in [5, 5.41) is 3.27. The van der Waals surface area contributed by atoms with E-state index < -0.39 is 12.2 Å². The molecule has 0 aromatic carbocycles. The van der Waals surface area contributed by atoms with E-state index in [0.717, 1.165) is 43.5 Å². The maximum atomic E-state index is 13.0. The number of aliphatic imine (C=N–C) groups is 1. The number of hydrogen-bond donors (Lipinski definition) is 1. The molecule has 2 aliphatic heterocycles. The normalized spacial score (nSPS) is 20.1. The number of nitrogens with zero attached hydrogens (tertiary/aromatic N) is 6. The molecule has 0 spiro atoms. The predicted molar refractivity (Wildman–Crippen MR) is 133 cm³/mol. The van der Waals surface area contributed by atoms with Crippen molar-refractivity contribution in [1.82, 2.24) is 25.0 Å². The third-order valence-electron chi connectivity index (χ3n) is 6.02. The van der Waals surface area contributed by atoms with Crippen molar-refractivity contribution in [2.75, 3.05) is 70.9 Å². The van der Waals surface area contributed by atoms with Crippen LogP contribution in [-0.4, -0.2) is 104 Å². The van der Waals surface area contributed by atoms with Crippen molar-refractivity contribution in [3.8, 4) is 0 Å². The second-order valence-electron chi connectivity index (χ2n) is 8.23. The predicted octanol–water partition coefficient (Wildman–Crippen LogP) is 2.49. The van der Waals surface area contributed by atoms with Crippen LogP contribution in [0.3, 0.4) is 0 Å². The van der Waals surface area contributed by atoms with Crippen molar-refractivity contribution in [3.63, 3.8) is 0 Å². The minimum absolute atomic E-state index is 0. The van der Waals surface area contributed by atoms with Gasteiger partial charge in [-0.25, -0.2) is 9.98 Å². The van der Waals surface area contributed by atoms with Gasteiger partial charge in [0.05, 0.1) is 6.54 Å². The number of anilines is 1. The largest absolute Gasteiger partial charge is 0.403 e. The van der Waals surface area contributed by atoms with Crippen LogP contribution < -0.4 is 10.2 Å². The van der Waals surface area contributed by atoms with Gasteiger partial charge in [-0.15, -0.1) is 24.0 Å². The number of alkyl halides is 3. The number of aromatic nitrogens is 1. The number of guanidine groups is 1. The van der Waals surface area contributed by atoms with Crippen LogP contribution in [0.25, 0.3) is 0 Å². The summed E-state index contributed by atoms with van der Waals surface area (Å²) < 4.78 is 38.9. The average molecular weight is 569 g/mol. The quantitative estimate of drug-likeness (QED) is 0.334. The second-order valence-corrected chi connectivity index (χ2v) is 8.23. The SMILES string of the molecule is CCNC(=NCc1ccc(N2CCN(C)CC2)nc1)N1CCN(C(C)C(F)(F)F)CC1.I. The molecule has 7 nitrogen and oxygen atoms in total. The smallest absolute Gasteiger partial charge is 0.357 e. The van der Waals surface area contributed by atoms with E-state index in [1.165, 1.54) is 11.8 Å². The molecule has 1 aromatic rings. The molecule has 3 heterocycles. The van der Waals surface area contributed by atoms with E-state index in [4.69, 9.17) is 4.99 Å². The van der Waals surface area contributed by atoms with Crippen LogP contribution in [0.5, 0.6) is 0 Å². The average Bonchev–Trinajstić information content (AvgIpc) is 2.76. The number of likely N-dealkylation sites (N-methyl/N-ethyl adjacent to an activating group) is 1. The van der Waals surface area contributed by atoms with Gasteiger partial charge in [-0.2, -0.15) is 13.2 Å². The highest BCUT2D eigenvalue weighted by molar-refractivity contribution is 14.0. The lowest BCUT2D eigenvalue weighted by Crippen LogP contribution is -2.56. The first-order chi connectivity index (χ1) is 14.8. The maximum Gasteiger partial charge on any atom is 0.403 e. The summed E-state index contributed by atoms with van der Waals surface area (Å²) in [7, 11) is 2.13. The van der Waals surface area contributed by atoms with Crippen molar-refractivity contribution in [1.29, 1.82) is 0 Å². The monoisotopic (exact) mass is 569 g/mol. The second kappa shape index (κ2) is 12.2. The fourth-order valence-corrected chi connectivity index (χ4v) is 3.85. The van der Waals surface area contributed by atoms with E-state index in [2.05, 4.69) is 33.2 Å². The lowest BCUT2D eigenvalue weighted by molar-refractivity contribution is -0.181.